The molecule has 1 saturated carbocycles. The van der Waals surface area contributed by atoms with Crippen LogP contribution in [-0.4, -0.2) is 33.0 Å². The van der Waals surface area contributed by atoms with Gasteiger partial charge in [0.05, 0.1) is 17.4 Å². The van der Waals surface area contributed by atoms with Crippen LogP contribution in [0.4, 0.5) is 11.5 Å². The first-order chi connectivity index (χ1) is 18.9. The summed E-state index contributed by atoms with van der Waals surface area (Å²) in [6.07, 6.45) is 9.36. The van der Waals surface area contributed by atoms with Crippen LogP contribution in [-0.2, 0) is 0 Å². The number of Topliss-reactive ketones (excluding diaryl/α,β-unsaturated/α-hetero) is 1. The number of carbonyl (C=O) groups excluding carboxylic acids is 2. The molecule has 3 aromatic heterocycles. The number of aromatic nitrogens is 3. The Morgan fingerprint density at radius 3 is 2.26 bits per heavy atom. The number of hydrogen-bond acceptors (Lipinski definition) is 8. The lowest BCUT2D eigenvalue weighted by atomic mass is 9.86. The van der Waals surface area contributed by atoms with Crippen LogP contribution in [0.1, 0.15) is 76.4 Å². The summed E-state index contributed by atoms with van der Waals surface area (Å²) >= 11 is 0. The van der Waals surface area contributed by atoms with Gasteiger partial charge in [-0.3, -0.25) is 9.59 Å². The minimum Gasteiger partial charge on any atom is -0.364 e. The molecule has 2 N–H and O–H groups in total. The Morgan fingerprint density at radius 2 is 1.67 bits per heavy atom. The van der Waals surface area contributed by atoms with Gasteiger partial charge in [-0.2, -0.15) is 0 Å². The Bertz CT molecular complexity index is 1410. The van der Waals surface area contributed by atoms with Gasteiger partial charge in [0.1, 0.15) is 23.4 Å². The molecular weight excluding hydrogens is 494 g/mol. The molecule has 1 atom stereocenters. The number of amides is 1. The van der Waals surface area contributed by atoms with Gasteiger partial charge in [-0.25, -0.2) is 4.98 Å². The van der Waals surface area contributed by atoms with Gasteiger partial charge in [-0.15, -0.1) is 0 Å². The number of ketones is 1. The SMILES string of the molecule is Cc1nocc1C(=O)N[C@H](C(=O)c1ccc(Nc2ccc(-c3c(C)noc3C)cn2)cc1)C1CCCCCC1. The van der Waals surface area contributed by atoms with Crippen molar-refractivity contribution in [1.29, 1.82) is 0 Å². The van der Waals surface area contributed by atoms with Gasteiger partial charge in [-0.05, 0) is 75.9 Å². The predicted molar refractivity (Wildman–Crippen MR) is 147 cm³/mol. The average Bonchev–Trinajstić information content (AvgIpc) is 3.40. The van der Waals surface area contributed by atoms with E-state index in [1.165, 1.54) is 6.26 Å². The molecule has 0 saturated heterocycles. The number of rotatable bonds is 8. The second-order valence-corrected chi connectivity index (χ2v) is 10.2. The average molecular weight is 528 g/mol. The largest absolute Gasteiger partial charge is 0.364 e. The molecule has 0 spiro atoms. The number of nitrogens with one attached hydrogen (secondary N) is 2. The third-order valence-electron chi connectivity index (χ3n) is 7.46. The van der Waals surface area contributed by atoms with E-state index in [4.69, 9.17) is 9.05 Å². The molecule has 1 amide bonds. The first-order valence-corrected chi connectivity index (χ1v) is 13.4. The first-order valence-electron chi connectivity index (χ1n) is 13.4. The lowest BCUT2D eigenvalue weighted by Gasteiger charge is -2.26. The van der Waals surface area contributed by atoms with Crippen molar-refractivity contribution in [2.75, 3.05) is 5.32 Å². The van der Waals surface area contributed by atoms with E-state index in [1.807, 2.05) is 38.1 Å². The number of carbonyl (C=O) groups is 2. The lowest BCUT2D eigenvalue weighted by Crippen LogP contribution is -2.46. The van der Waals surface area contributed by atoms with Crippen molar-refractivity contribution in [2.45, 2.75) is 65.3 Å². The van der Waals surface area contributed by atoms with Gasteiger partial charge in [-0.1, -0.05) is 36.0 Å². The van der Waals surface area contributed by atoms with Gasteiger partial charge in [0, 0.05) is 28.6 Å². The molecule has 9 heteroatoms. The quantitative estimate of drug-likeness (QED) is 0.201. The van der Waals surface area contributed by atoms with E-state index in [0.717, 1.165) is 66.8 Å². The lowest BCUT2D eigenvalue weighted by molar-refractivity contribution is 0.0813. The maximum absolute atomic E-state index is 13.7. The van der Waals surface area contributed by atoms with Crippen LogP contribution in [0.15, 0.2) is 57.9 Å². The van der Waals surface area contributed by atoms with Crippen molar-refractivity contribution in [3.63, 3.8) is 0 Å². The van der Waals surface area contributed by atoms with Crippen molar-refractivity contribution in [3.8, 4) is 11.1 Å². The Hall–Kier alpha value is -4.27. The van der Waals surface area contributed by atoms with Crippen molar-refractivity contribution in [2.24, 2.45) is 5.92 Å². The van der Waals surface area contributed by atoms with E-state index in [2.05, 4.69) is 25.9 Å². The summed E-state index contributed by atoms with van der Waals surface area (Å²) in [6, 6.07) is 10.6. The number of nitrogens with zero attached hydrogens (tertiary/aromatic N) is 3. The normalized spacial score (nSPS) is 14.9. The number of hydrogen-bond donors (Lipinski definition) is 2. The topological polar surface area (TPSA) is 123 Å². The molecule has 1 aromatic carbocycles. The van der Waals surface area contributed by atoms with Gasteiger partial charge in [0.25, 0.3) is 5.91 Å². The molecule has 0 bridgehead atoms. The second-order valence-electron chi connectivity index (χ2n) is 10.2. The fraction of sp³-hybridized carbons (Fsp3) is 0.367. The van der Waals surface area contributed by atoms with E-state index in [0.29, 0.717) is 22.6 Å². The summed E-state index contributed by atoms with van der Waals surface area (Å²) in [6.45, 7) is 5.50. The monoisotopic (exact) mass is 527 g/mol. The van der Waals surface area contributed by atoms with Crippen molar-refractivity contribution in [3.05, 3.63) is 77.1 Å². The zero-order chi connectivity index (χ0) is 27.4. The van der Waals surface area contributed by atoms with Crippen LogP contribution in [0, 0.1) is 26.7 Å². The second kappa shape index (κ2) is 11.6. The fourth-order valence-corrected chi connectivity index (χ4v) is 5.33. The summed E-state index contributed by atoms with van der Waals surface area (Å²) in [5.74, 6) is 1.10. The molecule has 0 radical (unpaired) electrons. The van der Waals surface area contributed by atoms with Crippen LogP contribution in [0.3, 0.4) is 0 Å². The number of pyridine rings is 1. The number of benzene rings is 1. The Kier molecular flexibility index (Phi) is 7.86. The molecule has 3 heterocycles. The molecule has 5 rings (SSSR count). The Labute approximate surface area is 227 Å². The molecule has 39 heavy (non-hydrogen) atoms. The molecule has 1 aliphatic carbocycles. The van der Waals surface area contributed by atoms with Gasteiger partial charge in [0.15, 0.2) is 5.78 Å². The molecule has 4 aromatic rings. The molecule has 1 aliphatic rings. The van der Waals surface area contributed by atoms with Crippen molar-refractivity contribution >= 4 is 23.2 Å². The highest BCUT2D eigenvalue weighted by Crippen LogP contribution is 2.29. The summed E-state index contributed by atoms with van der Waals surface area (Å²) in [7, 11) is 0. The highest BCUT2D eigenvalue weighted by Gasteiger charge is 2.32. The molecule has 202 valence electrons. The Balaban J connectivity index is 1.30. The minimum absolute atomic E-state index is 0.0853. The zero-order valence-electron chi connectivity index (χ0n) is 22.5. The standard InChI is InChI=1S/C30H33N5O4/c1-18-25(17-38-34-18)30(37)33-28(21-8-6-4-5-7-9-21)29(36)22-10-13-24(14-11-22)32-26-15-12-23(16-31-26)27-19(2)35-39-20(27)3/h10-17,21,28H,4-9H2,1-3H3,(H,31,32)(H,33,37)/t28-/m0/s1. The van der Waals surface area contributed by atoms with E-state index >= 15 is 0 Å². The molecule has 1 fully saturated rings. The van der Waals surface area contributed by atoms with E-state index in [1.54, 1.807) is 25.3 Å². The summed E-state index contributed by atoms with van der Waals surface area (Å²) in [4.78, 5) is 31.3. The van der Waals surface area contributed by atoms with E-state index < -0.39 is 6.04 Å². The van der Waals surface area contributed by atoms with E-state index in [-0.39, 0.29) is 17.6 Å². The fourth-order valence-electron chi connectivity index (χ4n) is 5.33. The maximum Gasteiger partial charge on any atom is 0.257 e. The van der Waals surface area contributed by atoms with Crippen molar-refractivity contribution < 1.29 is 18.6 Å². The highest BCUT2D eigenvalue weighted by atomic mass is 16.5. The number of anilines is 2. The third-order valence-corrected chi connectivity index (χ3v) is 7.46. The van der Waals surface area contributed by atoms with Crippen LogP contribution < -0.4 is 10.6 Å². The number of aryl methyl sites for hydroxylation is 3. The molecule has 0 unspecified atom stereocenters. The summed E-state index contributed by atoms with van der Waals surface area (Å²) < 4.78 is 10.2. The Morgan fingerprint density at radius 1 is 0.923 bits per heavy atom. The van der Waals surface area contributed by atoms with Gasteiger partial charge < -0.3 is 19.7 Å². The van der Waals surface area contributed by atoms with Crippen LogP contribution in [0.5, 0.6) is 0 Å². The predicted octanol–water partition coefficient (Wildman–Crippen LogP) is 6.35. The van der Waals surface area contributed by atoms with Crippen molar-refractivity contribution in [1.82, 2.24) is 20.6 Å². The van der Waals surface area contributed by atoms with Crippen LogP contribution in [0.2, 0.25) is 0 Å². The molecule has 9 nitrogen and oxygen atoms in total. The van der Waals surface area contributed by atoms with E-state index in [9.17, 15) is 9.59 Å². The summed E-state index contributed by atoms with van der Waals surface area (Å²) in [5, 5.41) is 14.1. The molecule has 0 aliphatic heterocycles. The smallest absolute Gasteiger partial charge is 0.257 e. The minimum atomic E-state index is -0.609. The maximum atomic E-state index is 13.7. The third kappa shape index (κ3) is 5.92. The van der Waals surface area contributed by atoms with Crippen LogP contribution >= 0.6 is 0 Å². The highest BCUT2D eigenvalue weighted by molar-refractivity contribution is 6.04. The first kappa shape index (κ1) is 26.3. The molecular formula is C30H33N5O4. The van der Waals surface area contributed by atoms with Crippen LogP contribution in [0.25, 0.3) is 11.1 Å². The van der Waals surface area contributed by atoms with Gasteiger partial charge >= 0.3 is 0 Å². The summed E-state index contributed by atoms with van der Waals surface area (Å²) in [5.41, 5.74) is 4.93. The van der Waals surface area contributed by atoms with Gasteiger partial charge in [0.2, 0.25) is 0 Å². The zero-order valence-corrected chi connectivity index (χ0v) is 22.5.